The summed E-state index contributed by atoms with van der Waals surface area (Å²) in [4.78, 5) is 36.2. The van der Waals surface area contributed by atoms with Gasteiger partial charge in [0, 0.05) is 11.8 Å². The molecule has 0 radical (unpaired) electrons. The van der Waals surface area contributed by atoms with Gasteiger partial charge in [-0.15, -0.1) is 11.3 Å². The smallest absolute Gasteiger partial charge is 0.309 e. The van der Waals surface area contributed by atoms with Crippen LogP contribution in [0.1, 0.15) is 31.2 Å². The SMILES string of the molecule is CC(=O)NC(CC(=O)OC(C)C(=O)Nc1ccc(F)c(F)c1F)c1cccs1. The van der Waals surface area contributed by atoms with Gasteiger partial charge in [-0.05, 0) is 30.5 Å². The normalized spacial score (nSPS) is 12.8. The molecule has 2 atom stereocenters. The monoisotopic (exact) mass is 414 g/mol. The maximum absolute atomic E-state index is 13.6. The topological polar surface area (TPSA) is 84.5 Å². The number of thiophene rings is 1. The first-order valence-corrected chi connectivity index (χ1v) is 9.01. The van der Waals surface area contributed by atoms with Crippen LogP contribution in [0.2, 0.25) is 0 Å². The number of esters is 1. The van der Waals surface area contributed by atoms with Crippen molar-refractivity contribution in [2.75, 3.05) is 5.32 Å². The second kappa shape index (κ2) is 9.36. The fraction of sp³-hybridized carbons (Fsp3) is 0.278. The largest absolute Gasteiger partial charge is 0.452 e. The Morgan fingerprint density at radius 1 is 1.14 bits per heavy atom. The van der Waals surface area contributed by atoms with Gasteiger partial charge >= 0.3 is 5.97 Å². The molecule has 0 bridgehead atoms. The Kier molecular flexibility index (Phi) is 7.16. The van der Waals surface area contributed by atoms with Crippen LogP contribution in [0.4, 0.5) is 18.9 Å². The third kappa shape index (κ3) is 5.56. The van der Waals surface area contributed by atoms with Crippen LogP contribution in [-0.4, -0.2) is 23.9 Å². The van der Waals surface area contributed by atoms with Crippen molar-refractivity contribution in [1.82, 2.24) is 5.32 Å². The zero-order valence-corrected chi connectivity index (χ0v) is 15.7. The molecule has 0 saturated heterocycles. The van der Waals surface area contributed by atoms with Gasteiger partial charge in [-0.3, -0.25) is 14.4 Å². The van der Waals surface area contributed by atoms with Crippen molar-refractivity contribution < 1.29 is 32.3 Å². The Morgan fingerprint density at radius 3 is 2.46 bits per heavy atom. The molecule has 150 valence electrons. The highest BCUT2D eigenvalue weighted by molar-refractivity contribution is 7.10. The molecule has 2 rings (SSSR count). The highest BCUT2D eigenvalue weighted by atomic mass is 32.1. The van der Waals surface area contributed by atoms with E-state index in [2.05, 4.69) is 5.32 Å². The summed E-state index contributed by atoms with van der Waals surface area (Å²) in [6, 6.07) is 4.38. The van der Waals surface area contributed by atoms with E-state index in [9.17, 15) is 27.6 Å². The summed E-state index contributed by atoms with van der Waals surface area (Å²) < 4.78 is 44.8. The molecule has 0 aliphatic carbocycles. The first kappa shape index (κ1) is 21.4. The van der Waals surface area contributed by atoms with Crippen LogP contribution in [0.3, 0.4) is 0 Å². The van der Waals surface area contributed by atoms with Crippen molar-refractivity contribution in [1.29, 1.82) is 0 Å². The van der Waals surface area contributed by atoms with Gasteiger partial charge in [0.25, 0.3) is 5.91 Å². The van der Waals surface area contributed by atoms with Gasteiger partial charge in [0.05, 0.1) is 18.2 Å². The number of anilines is 1. The molecule has 0 saturated carbocycles. The number of hydrogen-bond donors (Lipinski definition) is 2. The molecular weight excluding hydrogens is 397 g/mol. The van der Waals surface area contributed by atoms with Crippen molar-refractivity contribution in [3.05, 3.63) is 52.0 Å². The molecule has 6 nitrogen and oxygen atoms in total. The molecule has 1 heterocycles. The number of carbonyl (C=O) groups excluding carboxylic acids is 3. The summed E-state index contributed by atoms with van der Waals surface area (Å²) in [5.74, 6) is -6.73. The van der Waals surface area contributed by atoms with Gasteiger partial charge in [-0.2, -0.15) is 0 Å². The molecule has 0 spiro atoms. The van der Waals surface area contributed by atoms with Crippen molar-refractivity contribution in [3.63, 3.8) is 0 Å². The number of nitrogens with one attached hydrogen (secondary N) is 2. The zero-order valence-electron chi connectivity index (χ0n) is 14.9. The Balaban J connectivity index is 1.98. The second-order valence-electron chi connectivity index (χ2n) is 5.82. The molecule has 0 fully saturated rings. The molecule has 10 heteroatoms. The van der Waals surface area contributed by atoms with Crippen LogP contribution in [0.25, 0.3) is 0 Å². The molecule has 1 aromatic carbocycles. The number of rotatable bonds is 7. The number of hydrogen-bond acceptors (Lipinski definition) is 5. The fourth-order valence-electron chi connectivity index (χ4n) is 2.28. The number of carbonyl (C=O) groups is 3. The molecule has 1 aromatic heterocycles. The summed E-state index contributed by atoms with van der Waals surface area (Å²) in [6.45, 7) is 2.54. The Bertz CT molecular complexity index is 874. The third-order valence-corrected chi connectivity index (χ3v) is 4.59. The molecule has 2 amide bonds. The molecule has 2 aromatic rings. The first-order chi connectivity index (χ1) is 13.2. The van der Waals surface area contributed by atoms with E-state index in [0.29, 0.717) is 6.07 Å². The van der Waals surface area contributed by atoms with E-state index in [-0.39, 0.29) is 12.3 Å². The molecule has 2 N–H and O–H groups in total. The minimum atomic E-state index is -1.73. The third-order valence-electron chi connectivity index (χ3n) is 3.61. The molecule has 28 heavy (non-hydrogen) atoms. The van der Waals surface area contributed by atoms with Crippen molar-refractivity contribution in [3.8, 4) is 0 Å². The van der Waals surface area contributed by atoms with Gasteiger partial charge in [-0.1, -0.05) is 6.07 Å². The van der Waals surface area contributed by atoms with Crippen LogP contribution < -0.4 is 10.6 Å². The van der Waals surface area contributed by atoms with Gasteiger partial charge in [0.1, 0.15) is 0 Å². The Morgan fingerprint density at radius 2 is 1.86 bits per heavy atom. The van der Waals surface area contributed by atoms with E-state index in [0.717, 1.165) is 10.9 Å². The van der Waals surface area contributed by atoms with Crippen LogP contribution in [0, 0.1) is 17.5 Å². The summed E-state index contributed by atoms with van der Waals surface area (Å²) in [7, 11) is 0. The minimum absolute atomic E-state index is 0.225. The van der Waals surface area contributed by atoms with Crippen molar-refractivity contribution in [2.24, 2.45) is 0 Å². The van der Waals surface area contributed by atoms with Crippen LogP contribution in [-0.2, 0) is 19.1 Å². The summed E-state index contributed by atoms with van der Waals surface area (Å²) >= 11 is 1.34. The predicted molar refractivity (Wildman–Crippen MR) is 96.0 cm³/mol. The lowest BCUT2D eigenvalue weighted by atomic mass is 10.1. The lowest BCUT2D eigenvalue weighted by molar-refractivity contribution is -0.153. The van der Waals surface area contributed by atoms with Crippen molar-refractivity contribution >= 4 is 34.8 Å². The molecular formula is C18H17F3N2O4S. The van der Waals surface area contributed by atoms with Crippen molar-refractivity contribution in [2.45, 2.75) is 32.4 Å². The quantitative estimate of drug-likeness (QED) is 0.538. The summed E-state index contributed by atoms with van der Waals surface area (Å²) in [5.41, 5.74) is -0.582. The fourth-order valence-corrected chi connectivity index (χ4v) is 3.06. The standard InChI is InChI=1S/C18H17F3N2O4S/c1-9(18(26)23-12-6-5-11(19)16(20)17(12)21)27-15(25)8-13(22-10(2)24)14-4-3-7-28-14/h3-7,9,13H,8H2,1-2H3,(H,22,24)(H,23,26). The van der Waals surface area contributed by atoms with Crippen LogP contribution in [0.5, 0.6) is 0 Å². The summed E-state index contributed by atoms with van der Waals surface area (Å²) in [5, 5.41) is 6.43. The number of ether oxygens (including phenoxy) is 1. The Labute approximate surface area is 162 Å². The lowest BCUT2D eigenvalue weighted by Gasteiger charge is -2.18. The number of halogens is 3. The molecule has 2 unspecified atom stereocenters. The minimum Gasteiger partial charge on any atom is -0.452 e. The highest BCUT2D eigenvalue weighted by Crippen LogP contribution is 2.23. The van der Waals surface area contributed by atoms with E-state index < -0.39 is 47.2 Å². The Hall–Kier alpha value is -2.88. The molecule has 0 aliphatic rings. The van der Waals surface area contributed by atoms with E-state index in [1.165, 1.54) is 25.2 Å². The van der Waals surface area contributed by atoms with E-state index >= 15 is 0 Å². The lowest BCUT2D eigenvalue weighted by Crippen LogP contribution is -2.33. The number of amides is 2. The van der Waals surface area contributed by atoms with E-state index in [1.807, 2.05) is 5.32 Å². The van der Waals surface area contributed by atoms with Gasteiger partial charge in [-0.25, -0.2) is 13.2 Å². The maximum Gasteiger partial charge on any atom is 0.309 e. The predicted octanol–water partition coefficient (Wildman–Crippen LogP) is 3.30. The van der Waals surface area contributed by atoms with Gasteiger partial charge in [0.15, 0.2) is 23.6 Å². The van der Waals surface area contributed by atoms with E-state index in [4.69, 9.17) is 4.74 Å². The average Bonchev–Trinajstić information content (AvgIpc) is 3.15. The van der Waals surface area contributed by atoms with Gasteiger partial charge in [0.2, 0.25) is 5.91 Å². The zero-order chi connectivity index (χ0) is 20.8. The maximum atomic E-state index is 13.6. The average molecular weight is 414 g/mol. The molecule has 0 aliphatic heterocycles. The highest BCUT2D eigenvalue weighted by Gasteiger charge is 2.24. The summed E-state index contributed by atoms with van der Waals surface area (Å²) in [6.07, 6.45) is -1.56. The van der Waals surface area contributed by atoms with Crippen LogP contribution in [0.15, 0.2) is 29.6 Å². The second-order valence-corrected chi connectivity index (χ2v) is 6.80. The van der Waals surface area contributed by atoms with Crippen LogP contribution >= 0.6 is 11.3 Å². The first-order valence-electron chi connectivity index (χ1n) is 8.13. The van der Waals surface area contributed by atoms with Gasteiger partial charge < -0.3 is 15.4 Å². The number of benzene rings is 1. The van der Waals surface area contributed by atoms with E-state index in [1.54, 1.807) is 17.5 Å².